The van der Waals surface area contributed by atoms with Gasteiger partial charge in [0.25, 0.3) is 0 Å². The molecule has 1 fully saturated rings. The van der Waals surface area contributed by atoms with E-state index in [1.54, 1.807) is 0 Å². The molecule has 0 bridgehead atoms. The molecule has 21 heavy (non-hydrogen) atoms. The van der Waals surface area contributed by atoms with Gasteiger partial charge in [0.15, 0.2) is 0 Å². The molecule has 4 nitrogen and oxygen atoms in total. The zero-order chi connectivity index (χ0) is 14.5. The Balaban J connectivity index is 1.45. The third-order valence-electron chi connectivity index (χ3n) is 3.49. The minimum Gasteiger partial charge on any atom is -0.375 e. The van der Waals surface area contributed by atoms with E-state index in [0.29, 0.717) is 19.1 Å². The minimum atomic E-state index is 0.218. The summed E-state index contributed by atoms with van der Waals surface area (Å²) in [5.74, 6) is 2.44. The van der Waals surface area contributed by atoms with Gasteiger partial charge in [0.05, 0.1) is 13.2 Å². The second-order valence-corrected chi connectivity index (χ2v) is 5.62. The average Bonchev–Trinajstić information content (AvgIpc) is 3.33. The van der Waals surface area contributed by atoms with Crippen LogP contribution in [0, 0.1) is 0 Å². The van der Waals surface area contributed by atoms with Gasteiger partial charge in [-0.1, -0.05) is 30.3 Å². The average molecular weight is 283 g/mol. The fourth-order valence-corrected chi connectivity index (χ4v) is 2.21. The highest BCUT2D eigenvalue weighted by Gasteiger charge is 2.26. The monoisotopic (exact) mass is 283 g/mol. The molecule has 1 atom stereocenters. The van der Waals surface area contributed by atoms with Crippen molar-refractivity contribution in [1.29, 1.82) is 0 Å². The van der Waals surface area contributed by atoms with Gasteiger partial charge in [0.1, 0.15) is 11.6 Å². The first kappa shape index (κ1) is 14.0. The topological polar surface area (TPSA) is 47.0 Å². The van der Waals surface area contributed by atoms with Gasteiger partial charge in [-0.15, -0.1) is 0 Å². The molecule has 0 radical (unpaired) electrons. The van der Waals surface area contributed by atoms with Crippen LogP contribution >= 0.6 is 0 Å². The summed E-state index contributed by atoms with van der Waals surface area (Å²) in [6.07, 6.45) is 4.28. The van der Waals surface area contributed by atoms with E-state index in [9.17, 15) is 0 Å². The largest absolute Gasteiger partial charge is 0.375 e. The van der Waals surface area contributed by atoms with Crippen molar-refractivity contribution >= 4 is 5.82 Å². The summed E-state index contributed by atoms with van der Waals surface area (Å²) in [7, 11) is 0. The molecule has 0 saturated heterocycles. The fourth-order valence-electron chi connectivity index (χ4n) is 2.21. The van der Waals surface area contributed by atoms with Crippen LogP contribution in [0.1, 0.15) is 37.1 Å². The van der Waals surface area contributed by atoms with Gasteiger partial charge in [0, 0.05) is 18.2 Å². The lowest BCUT2D eigenvalue weighted by Crippen LogP contribution is -2.22. The summed E-state index contributed by atoms with van der Waals surface area (Å²) >= 11 is 0. The molecule has 0 spiro atoms. The maximum atomic E-state index is 5.74. The van der Waals surface area contributed by atoms with Crippen molar-refractivity contribution in [1.82, 2.24) is 9.97 Å². The van der Waals surface area contributed by atoms with E-state index in [2.05, 4.69) is 34.3 Å². The van der Waals surface area contributed by atoms with Crippen LogP contribution < -0.4 is 5.32 Å². The van der Waals surface area contributed by atoms with Crippen molar-refractivity contribution in [3.8, 4) is 0 Å². The van der Waals surface area contributed by atoms with E-state index in [-0.39, 0.29) is 6.04 Å². The van der Waals surface area contributed by atoms with Gasteiger partial charge < -0.3 is 10.1 Å². The van der Waals surface area contributed by atoms with Gasteiger partial charge >= 0.3 is 0 Å². The molecule has 1 aliphatic rings. The Labute approximate surface area is 125 Å². The first-order valence-corrected chi connectivity index (χ1v) is 7.52. The lowest BCUT2D eigenvalue weighted by Gasteiger charge is -2.15. The number of anilines is 1. The third-order valence-corrected chi connectivity index (χ3v) is 3.49. The second kappa shape index (κ2) is 6.68. The Morgan fingerprint density at radius 3 is 2.81 bits per heavy atom. The second-order valence-electron chi connectivity index (χ2n) is 5.62. The summed E-state index contributed by atoms with van der Waals surface area (Å²) in [4.78, 5) is 8.89. The maximum absolute atomic E-state index is 5.74. The Bertz CT molecular complexity index is 569. The normalized spacial score (nSPS) is 15.7. The zero-order valence-electron chi connectivity index (χ0n) is 12.3. The molecule has 2 aromatic rings. The maximum Gasteiger partial charge on any atom is 0.133 e. The molecule has 110 valence electrons. The van der Waals surface area contributed by atoms with Gasteiger partial charge in [0.2, 0.25) is 0 Å². The Kier molecular flexibility index (Phi) is 4.46. The van der Waals surface area contributed by atoms with Gasteiger partial charge in [-0.3, -0.25) is 0 Å². The number of nitrogens with one attached hydrogen (secondary N) is 1. The van der Waals surface area contributed by atoms with E-state index in [1.807, 2.05) is 30.5 Å². The molecule has 0 aliphatic heterocycles. The summed E-state index contributed by atoms with van der Waals surface area (Å²) in [6, 6.07) is 12.4. The lowest BCUT2D eigenvalue weighted by atomic mass is 10.2. The van der Waals surface area contributed by atoms with Gasteiger partial charge in [-0.25, -0.2) is 9.97 Å². The molecule has 0 amide bonds. The first-order chi connectivity index (χ1) is 10.3. The van der Waals surface area contributed by atoms with Gasteiger partial charge in [-0.2, -0.15) is 0 Å². The quantitative estimate of drug-likeness (QED) is 0.846. The molecule has 1 unspecified atom stereocenters. The van der Waals surface area contributed by atoms with E-state index >= 15 is 0 Å². The summed E-state index contributed by atoms with van der Waals surface area (Å²) < 4.78 is 5.74. The van der Waals surface area contributed by atoms with Crippen molar-refractivity contribution in [2.24, 2.45) is 0 Å². The van der Waals surface area contributed by atoms with Crippen molar-refractivity contribution in [3.63, 3.8) is 0 Å². The third kappa shape index (κ3) is 4.26. The predicted molar refractivity (Wildman–Crippen MR) is 83.2 cm³/mol. The number of nitrogens with zero attached hydrogens (tertiary/aromatic N) is 2. The van der Waals surface area contributed by atoms with Crippen LogP contribution in [-0.2, 0) is 11.3 Å². The van der Waals surface area contributed by atoms with Crippen molar-refractivity contribution in [2.75, 3.05) is 11.9 Å². The van der Waals surface area contributed by atoms with Crippen molar-refractivity contribution < 1.29 is 4.74 Å². The van der Waals surface area contributed by atoms with Crippen molar-refractivity contribution in [2.45, 2.75) is 38.3 Å². The van der Waals surface area contributed by atoms with Crippen LogP contribution in [0.25, 0.3) is 0 Å². The van der Waals surface area contributed by atoms with Crippen LogP contribution in [0.2, 0.25) is 0 Å². The summed E-state index contributed by atoms with van der Waals surface area (Å²) in [5.41, 5.74) is 1.20. The highest BCUT2D eigenvalue weighted by Crippen LogP contribution is 2.38. The van der Waals surface area contributed by atoms with Crippen LogP contribution in [0.4, 0.5) is 5.82 Å². The first-order valence-electron chi connectivity index (χ1n) is 7.52. The standard InChI is InChI=1S/C17H21N3O/c1-13(11-21-12-14-5-3-2-4-6-14)19-16-9-10-18-17(20-16)15-7-8-15/h2-6,9-10,13,15H,7-8,11-12H2,1H3,(H,18,19,20). The highest BCUT2D eigenvalue weighted by atomic mass is 16.5. The lowest BCUT2D eigenvalue weighted by molar-refractivity contribution is 0.115. The molecule has 1 N–H and O–H groups in total. The number of aromatic nitrogens is 2. The minimum absolute atomic E-state index is 0.218. The van der Waals surface area contributed by atoms with Gasteiger partial charge in [-0.05, 0) is 31.4 Å². The molecule has 1 heterocycles. The molecule has 1 aromatic heterocycles. The molecular weight excluding hydrogens is 262 g/mol. The number of hydrogen-bond donors (Lipinski definition) is 1. The van der Waals surface area contributed by atoms with Crippen LogP contribution in [0.3, 0.4) is 0 Å². The van der Waals surface area contributed by atoms with E-state index in [4.69, 9.17) is 4.74 Å². The molecular formula is C17H21N3O. The van der Waals surface area contributed by atoms with E-state index in [0.717, 1.165) is 11.6 Å². The fraction of sp³-hybridized carbons (Fsp3) is 0.412. The molecule has 3 rings (SSSR count). The highest BCUT2D eigenvalue weighted by molar-refractivity contribution is 5.35. The number of ether oxygens (including phenoxy) is 1. The Morgan fingerprint density at radius 2 is 2.05 bits per heavy atom. The Morgan fingerprint density at radius 1 is 1.24 bits per heavy atom. The molecule has 1 aliphatic carbocycles. The van der Waals surface area contributed by atoms with Crippen LogP contribution in [0.15, 0.2) is 42.6 Å². The predicted octanol–water partition coefficient (Wildman–Crippen LogP) is 3.37. The molecule has 1 aromatic carbocycles. The molecule has 1 saturated carbocycles. The van der Waals surface area contributed by atoms with E-state index < -0.39 is 0 Å². The number of benzene rings is 1. The van der Waals surface area contributed by atoms with E-state index in [1.165, 1.54) is 18.4 Å². The summed E-state index contributed by atoms with van der Waals surface area (Å²) in [5, 5.41) is 3.38. The van der Waals surface area contributed by atoms with Crippen LogP contribution in [-0.4, -0.2) is 22.6 Å². The molecule has 4 heteroatoms. The van der Waals surface area contributed by atoms with Crippen LogP contribution in [0.5, 0.6) is 0 Å². The zero-order valence-corrected chi connectivity index (χ0v) is 12.3. The summed E-state index contributed by atoms with van der Waals surface area (Å²) in [6.45, 7) is 3.39. The number of rotatable bonds is 7. The number of hydrogen-bond acceptors (Lipinski definition) is 4. The SMILES string of the molecule is CC(COCc1ccccc1)Nc1ccnc(C2CC2)n1. The Hall–Kier alpha value is -1.94. The smallest absolute Gasteiger partial charge is 0.133 e. The van der Waals surface area contributed by atoms with Crippen molar-refractivity contribution in [3.05, 3.63) is 54.0 Å².